The number of rotatable bonds is 68. The van der Waals surface area contributed by atoms with Crippen molar-refractivity contribution in [3.8, 4) is 0 Å². The van der Waals surface area contributed by atoms with Gasteiger partial charge in [0, 0.05) is 12.8 Å². The summed E-state index contributed by atoms with van der Waals surface area (Å²) in [6.07, 6.45) is 87.0. The lowest BCUT2D eigenvalue weighted by Crippen LogP contribution is -2.45. The first-order chi connectivity index (χ1) is 39.0. The van der Waals surface area contributed by atoms with E-state index in [0.717, 1.165) is 44.9 Å². The van der Waals surface area contributed by atoms with E-state index in [1.54, 1.807) is 6.08 Å². The van der Waals surface area contributed by atoms with Gasteiger partial charge in [-0.15, -0.1) is 0 Å². The van der Waals surface area contributed by atoms with Crippen LogP contribution in [0.25, 0.3) is 0 Å². The summed E-state index contributed by atoms with van der Waals surface area (Å²) in [5.74, 6) is -0.0514. The van der Waals surface area contributed by atoms with Crippen LogP contribution in [0.1, 0.15) is 406 Å². The Balaban J connectivity index is 3.37. The highest BCUT2D eigenvalue weighted by Crippen LogP contribution is 2.19. The molecule has 0 aliphatic heterocycles. The molecule has 468 valence electrons. The number of carbonyl (C=O) groups is 2. The number of aliphatic hydroxyl groups excluding tert-OH is 2. The first kappa shape index (κ1) is 77.3. The van der Waals surface area contributed by atoms with Crippen LogP contribution in [-0.2, 0) is 14.3 Å². The summed E-state index contributed by atoms with van der Waals surface area (Å²) in [5, 5.41) is 23.3. The molecule has 0 saturated carbocycles. The van der Waals surface area contributed by atoms with Gasteiger partial charge in [-0.1, -0.05) is 366 Å². The number of esters is 1. The maximum absolute atomic E-state index is 12.5. The summed E-state index contributed by atoms with van der Waals surface area (Å²) in [4.78, 5) is 24.5. The van der Waals surface area contributed by atoms with Crippen LogP contribution in [0.3, 0.4) is 0 Å². The van der Waals surface area contributed by atoms with Crippen molar-refractivity contribution in [3.63, 3.8) is 0 Å². The van der Waals surface area contributed by atoms with Gasteiger partial charge in [0.1, 0.15) is 0 Å². The highest BCUT2D eigenvalue weighted by molar-refractivity contribution is 5.76. The molecule has 0 rings (SSSR count). The predicted octanol–water partition coefficient (Wildman–Crippen LogP) is 23.3. The molecule has 2 atom stereocenters. The van der Waals surface area contributed by atoms with Crippen molar-refractivity contribution < 1.29 is 24.5 Å². The molecule has 2 unspecified atom stereocenters. The largest absolute Gasteiger partial charge is 0.466 e. The Labute approximate surface area is 494 Å². The van der Waals surface area contributed by atoms with E-state index in [9.17, 15) is 19.8 Å². The first-order valence-corrected chi connectivity index (χ1v) is 36.1. The Bertz CT molecular complexity index is 1230. The maximum Gasteiger partial charge on any atom is 0.305 e. The SMILES string of the molecule is CCCC/C=C\CCCCCCCC(=O)OCCCCCCCCCCCCCCCCCCCCCCCCCCCCCCCC(=O)NC(CO)C(O)/C=C/CCCCCCCCCCCCCCCCCCCCCC. The van der Waals surface area contributed by atoms with Crippen molar-refractivity contribution in [3.05, 3.63) is 24.3 Å². The topological polar surface area (TPSA) is 95.9 Å². The molecule has 0 heterocycles. The number of nitrogens with one attached hydrogen (secondary N) is 1. The van der Waals surface area contributed by atoms with Crippen molar-refractivity contribution in [1.29, 1.82) is 0 Å². The van der Waals surface area contributed by atoms with Gasteiger partial charge in [-0.3, -0.25) is 9.59 Å². The zero-order valence-corrected chi connectivity index (χ0v) is 53.6. The summed E-state index contributed by atoms with van der Waals surface area (Å²) >= 11 is 0. The fourth-order valence-electron chi connectivity index (χ4n) is 11.4. The Kier molecular flexibility index (Phi) is 67.4. The highest BCUT2D eigenvalue weighted by Gasteiger charge is 2.18. The van der Waals surface area contributed by atoms with Gasteiger partial charge in [0.2, 0.25) is 5.91 Å². The normalized spacial score (nSPS) is 12.6. The van der Waals surface area contributed by atoms with Crippen LogP contribution in [0.4, 0.5) is 0 Å². The minimum absolute atomic E-state index is 0.00863. The highest BCUT2D eigenvalue weighted by atomic mass is 16.5. The van der Waals surface area contributed by atoms with Gasteiger partial charge in [0.25, 0.3) is 0 Å². The lowest BCUT2D eigenvalue weighted by Gasteiger charge is -2.20. The second-order valence-corrected chi connectivity index (χ2v) is 24.9. The molecule has 0 spiro atoms. The molecule has 0 fully saturated rings. The lowest BCUT2D eigenvalue weighted by atomic mass is 10.0. The van der Waals surface area contributed by atoms with Crippen LogP contribution < -0.4 is 5.32 Å². The number of unbranched alkanes of at least 4 members (excludes halogenated alkanes) is 55. The van der Waals surface area contributed by atoms with Crippen molar-refractivity contribution in [1.82, 2.24) is 5.32 Å². The summed E-state index contributed by atoms with van der Waals surface area (Å²) in [6, 6.07) is -0.626. The third-order valence-electron chi connectivity index (χ3n) is 17.0. The van der Waals surface area contributed by atoms with Crippen LogP contribution >= 0.6 is 0 Å². The molecule has 0 aliphatic carbocycles. The van der Waals surface area contributed by atoms with Crippen LogP contribution in [0.5, 0.6) is 0 Å². The predicted molar refractivity (Wildman–Crippen MR) is 347 cm³/mol. The molecule has 79 heavy (non-hydrogen) atoms. The van der Waals surface area contributed by atoms with Gasteiger partial charge in [0.05, 0.1) is 25.4 Å². The third kappa shape index (κ3) is 65.4. The fourth-order valence-corrected chi connectivity index (χ4v) is 11.4. The zero-order valence-electron chi connectivity index (χ0n) is 53.6. The van der Waals surface area contributed by atoms with Crippen LogP contribution in [-0.4, -0.2) is 47.4 Å². The molecular formula is C73H141NO5. The quantitative estimate of drug-likeness (QED) is 0.0320. The van der Waals surface area contributed by atoms with E-state index < -0.39 is 12.1 Å². The molecule has 1 amide bonds. The molecule has 6 nitrogen and oxygen atoms in total. The molecular weight excluding hydrogens is 971 g/mol. The van der Waals surface area contributed by atoms with E-state index in [2.05, 4.69) is 31.3 Å². The fraction of sp³-hybridized carbons (Fsp3) is 0.918. The standard InChI is InChI=1S/C73H141NO5/c1-3-5-7-9-11-13-15-16-17-18-19-20-30-33-36-39-42-46-49-53-57-61-65-71(76)70(69-75)74-72(77)66-62-58-54-50-47-43-40-37-34-31-28-26-24-22-21-23-25-27-29-32-35-38-41-44-48-52-56-60-64-68-79-73(78)67-63-59-55-51-45-14-12-10-8-6-4-2/h10,12,61,65,70-71,75-76H,3-9,11,13-60,62-64,66-69H2,1-2H3,(H,74,77)/b12-10-,65-61+. The maximum atomic E-state index is 12.5. The van der Waals surface area contributed by atoms with Crippen molar-refractivity contribution >= 4 is 11.9 Å². The number of hydrogen-bond acceptors (Lipinski definition) is 5. The van der Waals surface area contributed by atoms with Crippen LogP contribution in [0, 0.1) is 0 Å². The molecule has 0 radical (unpaired) electrons. The Hall–Kier alpha value is -1.66. The van der Waals surface area contributed by atoms with E-state index in [1.807, 2.05) is 6.08 Å². The van der Waals surface area contributed by atoms with Crippen molar-refractivity contribution in [2.24, 2.45) is 0 Å². The van der Waals surface area contributed by atoms with E-state index in [0.29, 0.717) is 19.4 Å². The second kappa shape index (κ2) is 68.8. The number of amides is 1. The van der Waals surface area contributed by atoms with Gasteiger partial charge in [0.15, 0.2) is 0 Å². The van der Waals surface area contributed by atoms with Gasteiger partial charge < -0.3 is 20.3 Å². The second-order valence-electron chi connectivity index (χ2n) is 24.9. The smallest absolute Gasteiger partial charge is 0.305 e. The summed E-state index contributed by atoms with van der Waals surface area (Å²) in [7, 11) is 0. The van der Waals surface area contributed by atoms with Crippen molar-refractivity contribution in [2.45, 2.75) is 418 Å². The van der Waals surface area contributed by atoms with Crippen LogP contribution in [0.15, 0.2) is 24.3 Å². The third-order valence-corrected chi connectivity index (χ3v) is 17.0. The Morgan fingerprint density at radius 3 is 0.937 bits per heavy atom. The average Bonchev–Trinajstić information content (AvgIpc) is 3.45. The zero-order chi connectivity index (χ0) is 57.1. The van der Waals surface area contributed by atoms with Crippen LogP contribution in [0.2, 0.25) is 0 Å². The number of ether oxygens (including phenoxy) is 1. The number of aliphatic hydroxyl groups is 2. The minimum Gasteiger partial charge on any atom is -0.466 e. The Morgan fingerprint density at radius 2 is 0.608 bits per heavy atom. The van der Waals surface area contributed by atoms with E-state index in [-0.39, 0.29) is 18.5 Å². The summed E-state index contributed by atoms with van der Waals surface area (Å²) < 4.78 is 5.47. The molecule has 0 aromatic carbocycles. The Morgan fingerprint density at radius 1 is 0.342 bits per heavy atom. The van der Waals surface area contributed by atoms with E-state index in [4.69, 9.17) is 4.74 Å². The molecule has 3 N–H and O–H groups in total. The van der Waals surface area contributed by atoms with Gasteiger partial charge in [-0.05, 0) is 51.4 Å². The van der Waals surface area contributed by atoms with Gasteiger partial charge >= 0.3 is 5.97 Å². The molecule has 0 aliphatic rings. The minimum atomic E-state index is -0.843. The van der Waals surface area contributed by atoms with Gasteiger partial charge in [-0.25, -0.2) is 0 Å². The molecule has 6 heteroatoms. The van der Waals surface area contributed by atoms with E-state index in [1.165, 1.54) is 334 Å². The number of carbonyl (C=O) groups excluding carboxylic acids is 2. The summed E-state index contributed by atoms with van der Waals surface area (Å²) in [6.45, 7) is 4.91. The van der Waals surface area contributed by atoms with Gasteiger partial charge in [-0.2, -0.15) is 0 Å². The number of allylic oxidation sites excluding steroid dienone is 3. The molecule has 0 saturated heterocycles. The van der Waals surface area contributed by atoms with E-state index >= 15 is 0 Å². The molecule has 0 aromatic rings. The molecule has 0 aromatic heterocycles. The molecule has 0 bridgehead atoms. The monoisotopic (exact) mass is 1110 g/mol. The lowest BCUT2D eigenvalue weighted by molar-refractivity contribution is -0.143. The van der Waals surface area contributed by atoms with Crippen molar-refractivity contribution in [2.75, 3.05) is 13.2 Å². The summed E-state index contributed by atoms with van der Waals surface area (Å²) in [5.41, 5.74) is 0. The average molecular weight is 1110 g/mol. The first-order valence-electron chi connectivity index (χ1n) is 36.1. The number of hydrogen-bond donors (Lipinski definition) is 3.